The summed E-state index contributed by atoms with van der Waals surface area (Å²) >= 11 is 5.88. The van der Waals surface area contributed by atoms with E-state index in [0.29, 0.717) is 12.0 Å². The zero-order valence-electron chi connectivity index (χ0n) is 11.7. The molecular formula is C12H17ClN2O4S2. The maximum absolute atomic E-state index is 12.7. The van der Waals surface area contributed by atoms with Crippen molar-refractivity contribution in [2.24, 2.45) is 0 Å². The Morgan fingerprint density at radius 1 is 1.38 bits per heavy atom. The second kappa shape index (κ2) is 5.42. The molecule has 0 aliphatic carbocycles. The van der Waals surface area contributed by atoms with Gasteiger partial charge >= 0.3 is 0 Å². The van der Waals surface area contributed by atoms with Gasteiger partial charge in [0.05, 0.1) is 16.4 Å². The van der Waals surface area contributed by atoms with Crippen molar-refractivity contribution in [3.8, 4) is 0 Å². The zero-order chi connectivity index (χ0) is 16.0. The lowest BCUT2D eigenvalue weighted by atomic mass is 10.2. The quantitative estimate of drug-likeness (QED) is 0.819. The number of nitrogen functional groups attached to an aromatic ring is 1. The van der Waals surface area contributed by atoms with Crippen LogP contribution in [-0.2, 0) is 19.9 Å². The predicted octanol–water partition coefficient (Wildman–Crippen LogP) is 1.04. The number of anilines is 1. The van der Waals surface area contributed by atoms with Crippen LogP contribution in [-0.4, -0.2) is 45.7 Å². The second-order valence-electron chi connectivity index (χ2n) is 5.20. The van der Waals surface area contributed by atoms with Gasteiger partial charge in [-0.25, -0.2) is 16.8 Å². The standard InChI is InChI=1S/C12H17ClN2O4S2/c1-8-11(14)5-9(13)6-12(8)21(18,19)15(2)10-3-4-20(16,17)7-10/h5-6,10H,3-4,7,14H2,1-2H3. The van der Waals surface area contributed by atoms with Crippen molar-refractivity contribution in [3.05, 3.63) is 22.7 Å². The summed E-state index contributed by atoms with van der Waals surface area (Å²) in [5.74, 6) is -0.147. The van der Waals surface area contributed by atoms with Gasteiger partial charge in [-0.3, -0.25) is 0 Å². The van der Waals surface area contributed by atoms with Crippen LogP contribution in [0.25, 0.3) is 0 Å². The van der Waals surface area contributed by atoms with Gasteiger partial charge in [0.25, 0.3) is 0 Å². The summed E-state index contributed by atoms with van der Waals surface area (Å²) in [6.07, 6.45) is 0.299. The molecule has 1 unspecified atom stereocenters. The molecule has 1 aliphatic heterocycles. The molecule has 118 valence electrons. The van der Waals surface area contributed by atoms with Gasteiger partial charge in [-0.1, -0.05) is 11.6 Å². The molecule has 2 N–H and O–H groups in total. The highest BCUT2D eigenvalue weighted by Crippen LogP contribution is 2.30. The van der Waals surface area contributed by atoms with E-state index in [-0.39, 0.29) is 27.1 Å². The number of sulfone groups is 1. The summed E-state index contributed by atoms with van der Waals surface area (Å²) in [4.78, 5) is 0.0132. The Bertz CT molecular complexity index is 775. The van der Waals surface area contributed by atoms with Gasteiger partial charge in [-0.15, -0.1) is 0 Å². The van der Waals surface area contributed by atoms with E-state index < -0.39 is 25.9 Å². The fraction of sp³-hybridized carbons (Fsp3) is 0.500. The number of halogens is 1. The van der Waals surface area contributed by atoms with Gasteiger partial charge in [0.15, 0.2) is 9.84 Å². The third-order valence-electron chi connectivity index (χ3n) is 3.74. The van der Waals surface area contributed by atoms with Gasteiger partial charge in [0, 0.05) is 23.8 Å². The van der Waals surface area contributed by atoms with E-state index in [9.17, 15) is 16.8 Å². The summed E-state index contributed by atoms with van der Waals surface area (Å²) < 4.78 is 49.5. The molecule has 2 rings (SSSR count). The molecule has 0 saturated carbocycles. The molecular weight excluding hydrogens is 336 g/mol. The first-order chi connectivity index (χ1) is 9.54. The molecule has 0 spiro atoms. The molecule has 1 aromatic rings. The van der Waals surface area contributed by atoms with E-state index in [4.69, 9.17) is 17.3 Å². The third kappa shape index (κ3) is 3.18. The van der Waals surface area contributed by atoms with Crippen LogP contribution in [0.2, 0.25) is 5.02 Å². The summed E-state index contributed by atoms with van der Waals surface area (Å²) in [7, 11) is -5.62. The Balaban J connectivity index is 2.43. The maximum atomic E-state index is 12.7. The molecule has 9 heteroatoms. The largest absolute Gasteiger partial charge is 0.398 e. The number of hydrogen-bond donors (Lipinski definition) is 1. The van der Waals surface area contributed by atoms with Crippen LogP contribution < -0.4 is 5.73 Å². The molecule has 0 radical (unpaired) electrons. The van der Waals surface area contributed by atoms with Crippen LogP contribution in [0.1, 0.15) is 12.0 Å². The Labute approximate surface area is 129 Å². The third-order valence-corrected chi connectivity index (χ3v) is 7.75. The predicted molar refractivity (Wildman–Crippen MR) is 82.6 cm³/mol. The Kier molecular flexibility index (Phi) is 4.27. The fourth-order valence-electron chi connectivity index (χ4n) is 2.36. The number of nitrogens with two attached hydrogens (primary N) is 1. The minimum Gasteiger partial charge on any atom is -0.398 e. The van der Waals surface area contributed by atoms with Crippen molar-refractivity contribution >= 4 is 37.1 Å². The van der Waals surface area contributed by atoms with Crippen molar-refractivity contribution < 1.29 is 16.8 Å². The number of rotatable bonds is 3. The van der Waals surface area contributed by atoms with Crippen LogP contribution >= 0.6 is 11.6 Å². The topological polar surface area (TPSA) is 97.5 Å². The van der Waals surface area contributed by atoms with Crippen LogP contribution in [0.15, 0.2) is 17.0 Å². The Morgan fingerprint density at radius 3 is 2.52 bits per heavy atom. The van der Waals surface area contributed by atoms with Gasteiger partial charge in [-0.2, -0.15) is 4.31 Å². The summed E-state index contributed by atoms with van der Waals surface area (Å²) in [5.41, 5.74) is 6.45. The van der Waals surface area contributed by atoms with E-state index in [1.807, 2.05) is 0 Å². The highest BCUT2D eigenvalue weighted by atomic mass is 35.5. The highest BCUT2D eigenvalue weighted by Gasteiger charge is 2.37. The molecule has 1 saturated heterocycles. The summed E-state index contributed by atoms with van der Waals surface area (Å²) in [6, 6.07) is 2.26. The summed E-state index contributed by atoms with van der Waals surface area (Å²) in [6.45, 7) is 1.60. The van der Waals surface area contributed by atoms with Crippen molar-refractivity contribution in [2.45, 2.75) is 24.3 Å². The minimum atomic E-state index is -3.84. The number of hydrogen-bond acceptors (Lipinski definition) is 5. The summed E-state index contributed by atoms with van der Waals surface area (Å²) in [5, 5.41) is 0.226. The second-order valence-corrected chi connectivity index (χ2v) is 9.83. The Morgan fingerprint density at radius 2 is 2.00 bits per heavy atom. The van der Waals surface area contributed by atoms with E-state index in [0.717, 1.165) is 4.31 Å². The van der Waals surface area contributed by atoms with Crippen molar-refractivity contribution in [1.82, 2.24) is 4.31 Å². The SMILES string of the molecule is Cc1c(N)cc(Cl)cc1S(=O)(=O)N(C)C1CCS(=O)(=O)C1. The van der Waals surface area contributed by atoms with Gasteiger partial charge in [0.2, 0.25) is 10.0 Å². The first-order valence-corrected chi connectivity index (χ1v) is 9.92. The lowest BCUT2D eigenvalue weighted by Crippen LogP contribution is -2.38. The van der Waals surface area contributed by atoms with Gasteiger partial charge in [-0.05, 0) is 31.0 Å². The molecule has 21 heavy (non-hydrogen) atoms. The molecule has 1 atom stereocenters. The molecule has 0 bridgehead atoms. The van der Waals surface area contributed by atoms with Gasteiger partial charge in [0.1, 0.15) is 0 Å². The number of sulfonamides is 1. The van der Waals surface area contributed by atoms with Crippen molar-refractivity contribution in [3.63, 3.8) is 0 Å². The van der Waals surface area contributed by atoms with Crippen LogP contribution in [0, 0.1) is 6.92 Å². The molecule has 0 aromatic heterocycles. The maximum Gasteiger partial charge on any atom is 0.243 e. The molecule has 1 aliphatic rings. The number of benzene rings is 1. The monoisotopic (exact) mass is 352 g/mol. The average molecular weight is 353 g/mol. The normalized spacial score (nSPS) is 21.8. The average Bonchev–Trinajstić information content (AvgIpc) is 2.73. The molecule has 0 amide bonds. The number of nitrogens with zero attached hydrogens (tertiary/aromatic N) is 1. The highest BCUT2D eigenvalue weighted by molar-refractivity contribution is 7.92. The molecule has 1 fully saturated rings. The van der Waals surface area contributed by atoms with Crippen molar-refractivity contribution in [1.29, 1.82) is 0 Å². The van der Waals surface area contributed by atoms with Crippen LogP contribution in [0.3, 0.4) is 0 Å². The van der Waals surface area contributed by atoms with Gasteiger partial charge < -0.3 is 5.73 Å². The zero-order valence-corrected chi connectivity index (χ0v) is 14.1. The molecule has 6 nitrogen and oxygen atoms in total. The van der Waals surface area contributed by atoms with Crippen LogP contribution in [0.4, 0.5) is 5.69 Å². The lowest BCUT2D eigenvalue weighted by Gasteiger charge is -2.24. The smallest absolute Gasteiger partial charge is 0.243 e. The first kappa shape index (κ1) is 16.5. The van der Waals surface area contributed by atoms with E-state index in [1.165, 1.54) is 19.2 Å². The molecule has 1 aromatic carbocycles. The van der Waals surface area contributed by atoms with Crippen LogP contribution in [0.5, 0.6) is 0 Å². The van der Waals surface area contributed by atoms with Crippen molar-refractivity contribution in [2.75, 3.05) is 24.3 Å². The fourth-order valence-corrected chi connectivity index (χ4v) is 6.18. The molecule has 1 heterocycles. The van der Waals surface area contributed by atoms with E-state index >= 15 is 0 Å². The minimum absolute atomic E-state index is 0.00813. The van der Waals surface area contributed by atoms with E-state index in [1.54, 1.807) is 6.92 Å². The first-order valence-electron chi connectivity index (χ1n) is 6.28. The lowest BCUT2D eigenvalue weighted by molar-refractivity contribution is 0.393. The van der Waals surface area contributed by atoms with E-state index in [2.05, 4.69) is 0 Å². The Hall–Kier alpha value is -0.830.